The number of ether oxygens (including phenoxy) is 1. The van der Waals surface area contributed by atoms with Crippen LogP contribution in [0.2, 0.25) is 0 Å². The summed E-state index contributed by atoms with van der Waals surface area (Å²) in [5.41, 5.74) is 0.365. The van der Waals surface area contributed by atoms with Crippen LogP contribution < -0.4 is 4.74 Å². The molecule has 0 atom stereocenters. The van der Waals surface area contributed by atoms with Gasteiger partial charge in [-0.15, -0.1) is 11.6 Å². The lowest BCUT2D eigenvalue weighted by Crippen LogP contribution is -2.08. The summed E-state index contributed by atoms with van der Waals surface area (Å²) >= 11 is 5.44. The standard InChI is InChI=1S/C15H16ClFO/c16-9-3-6-13-7-8-14(10-15(13)17)18-11-12-4-1-2-5-12/h7-8,10,12H,1-2,4-5,9,11H2. The molecule has 1 aliphatic carbocycles. The van der Waals surface area contributed by atoms with Crippen LogP contribution in [0.3, 0.4) is 0 Å². The second kappa shape index (κ2) is 6.66. The minimum absolute atomic E-state index is 0.208. The van der Waals surface area contributed by atoms with Crippen LogP contribution in [0.5, 0.6) is 5.75 Å². The first-order valence-corrected chi connectivity index (χ1v) is 6.80. The van der Waals surface area contributed by atoms with Gasteiger partial charge in [0.2, 0.25) is 0 Å². The molecule has 0 radical (unpaired) electrons. The first-order valence-electron chi connectivity index (χ1n) is 6.27. The summed E-state index contributed by atoms with van der Waals surface area (Å²) in [6.07, 6.45) is 5.02. The van der Waals surface area contributed by atoms with Crippen LogP contribution in [0.4, 0.5) is 4.39 Å². The van der Waals surface area contributed by atoms with E-state index in [1.807, 2.05) is 0 Å². The predicted octanol–water partition coefficient (Wildman–Crippen LogP) is 3.99. The summed E-state index contributed by atoms with van der Waals surface area (Å²) in [7, 11) is 0. The van der Waals surface area contributed by atoms with E-state index < -0.39 is 0 Å². The molecule has 1 aliphatic rings. The Morgan fingerprint density at radius 1 is 1.33 bits per heavy atom. The molecule has 18 heavy (non-hydrogen) atoms. The van der Waals surface area contributed by atoms with E-state index in [9.17, 15) is 4.39 Å². The molecule has 0 spiro atoms. The molecule has 0 unspecified atom stereocenters. The Bertz CT molecular complexity index is 455. The minimum atomic E-state index is -0.350. The van der Waals surface area contributed by atoms with Crippen molar-refractivity contribution in [2.24, 2.45) is 5.92 Å². The van der Waals surface area contributed by atoms with E-state index in [2.05, 4.69) is 11.8 Å². The SMILES string of the molecule is Fc1cc(OCC2CCCC2)ccc1C#CCCl. The maximum Gasteiger partial charge on any atom is 0.142 e. The first-order chi connectivity index (χ1) is 8.79. The van der Waals surface area contributed by atoms with Gasteiger partial charge in [-0.2, -0.15) is 0 Å². The summed E-state index contributed by atoms with van der Waals surface area (Å²) in [6.45, 7) is 0.687. The fourth-order valence-corrected chi connectivity index (χ4v) is 2.27. The van der Waals surface area contributed by atoms with Crippen molar-refractivity contribution < 1.29 is 9.13 Å². The number of hydrogen-bond donors (Lipinski definition) is 0. The van der Waals surface area contributed by atoms with Crippen molar-refractivity contribution in [2.75, 3.05) is 12.5 Å². The summed E-state index contributed by atoms with van der Waals surface area (Å²) in [5.74, 6) is 6.38. The Morgan fingerprint density at radius 2 is 2.11 bits per heavy atom. The maximum atomic E-state index is 13.6. The molecule has 0 bridgehead atoms. The number of hydrogen-bond acceptors (Lipinski definition) is 1. The lowest BCUT2D eigenvalue weighted by molar-refractivity contribution is 0.251. The molecule has 1 saturated carbocycles. The van der Waals surface area contributed by atoms with Crippen molar-refractivity contribution in [1.29, 1.82) is 0 Å². The molecule has 0 aromatic heterocycles. The van der Waals surface area contributed by atoms with Crippen LogP contribution in [0, 0.1) is 23.6 Å². The average molecular weight is 267 g/mol. The van der Waals surface area contributed by atoms with E-state index in [0.717, 1.165) is 0 Å². The van der Waals surface area contributed by atoms with Crippen molar-refractivity contribution in [1.82, 2.24) is 0 Å². The van der Waals surface area contributed by atoms with E-state index in [1.165, 1.54) is 31.7 Å². The normalized spacial score (nSPS) is 15.2. The Hall–Kier alpha value is -1.20. The molecule has 1 nitrogen and oxygen atoms in total. The molecule has 1 fully saturated rings. The molecule has 0 N–H and O–H groups in total. The highest BCUT2D eigenvalue weighted by Crippen LogP contribution is 2.26. The van der Waals surface area contributed by atoms with E-state index in [1.54, 1.807) is 12.1 Å². The lowest BCUT2D eigenvalue weighted by atomic mass is 10.1. The molecule has 0 aliphatic heterocycles. The molecule has 0 heterocycles. The van der Waals surface area contributed by atoms with Gasteiger partial charge in [0, 0.05) is 6.07 Å². The van der Waals surface area contributed by atoms with Crippen LogP contribution in [0.25, 0.3) is 0 Å². The predicted molar refractivity (Wildman–Crippen MR) is 71.5 cm³/mol. The van der Waals surface area contributed by atoms with Crippen LogP contribution in [0.15, 0.2) is 18.2 Å². The van der Waals surface area contributed by atoms with E-state index >= 15 is 0 Å². The topological polar surface area (TPSA) is 9.23 Å². The molecule has 1 aromatic carbocycles. The monoisotopic (exact) mass is 266 g/mol. The van der Waals surface area contributed by atoms with Crippen molar-refractivity contribution in [3.05, 3.63) is 29.6 Å². The Kier molecular flexibility index (Phi) is 4.90. The van der Waals surface area contributed by atoms with Gasteiger partial charge in [-0.05, 0) is 30.9 Å². The maximum absolute atomic E-state index is 13.6. The van der Waals surface area contributed by atoms with Crippen LogP contribution >= 0.6 is 11.6 Å². The average Bonchev–Trinajstić information content (AvgIpc) is 2.88. The molecule has 1 aromatic rings. The highest BCUT2D eigenvalue weighted by molar-refractivity contribution is 6.19. The molecule has 0 saturated heterocycles. The third kappa shape index (κ3) is 3.65. The van der Waals surface area contributed by atoms with Crippen LogP contribution in [0.1, 0.15) is 31.2 Å². The quantitative estimate of drug-likeness (QED) is 0.594. The van der Waals surface area contributed by atoms with Crippen molar-refractivity contribution in [3.63, 3.8) is 0 Å². The Labute approximate surface area is 112 Å². The second-order valence-corrected chi connectivity index (χ2v) is 4.81. The van der Waals surface area contributed by atoms with Crippen molar-refractivity contribution in [3.8, 4) is 17.6 Å². The van der Waals surface area contributed by atoms with E-state index in [0.29, 0.717) is 23.8 Å². The lowest BCUT2D eigenvalue weighted by Gasteiger charge is -2.11. The Morgan fingerprint density at radius 3 is 2.78 bits per heavy atom. The fourth-order valence-electron chi connectivity index (χ4n) is 2.21. The largest absolute Gasteiger partial charge is 0.493 e. The molecule has 3 heteroatoms. The van der Waals surface area contributed by atoms with Gasteiger partial charge in [0.05, 0.1) is 18.1 Å². The molecule has 2 rings (SSSR count). The third-order valence-electron chi connectivity index (χ3n) is 3.19. The van der Waals surface area contributed by atoms with Crippen molar-refractivity contribution >= 4 is 11.6 Å². The Balaban J connectivity index is 1.95. The van der Waals surface area contributed by atoms with Gasteiger partial charge in [0.25, 0.3) is 0 Å². The molecular weight excluding hydrogens is 251 g/mol. The first kappa shape index (κ1) is 13.2. The third-order valence-corrected chi connectivity index (χ3v) is 3.32. The number of alkyl halides is 1. The zero-order valence-electron chi connectivity index (χ0n) is 10.2. The minimum Gasteiger partial charge on any atom is -0.493 e. The molecular formula is C15H16ClFO. The van der Waals surface area contributed by atoms with Crippen molar-refractivity contribution in [2.45, 2.75) is 25.7 Å². The molecule has 0 amide bonds. The molecule has 96 valence electrons. The number of rotatable bonds is 3. The highest BCUT2D eigenvalue weighted by atomic mass is 35.5. The summed E-state index contributed by atoms with van der Waals surface area (Å²) in [4.78, 5) is 0. The van der Waals surface area contributed by atoms with Gasteiger partial charge in [-0.3, -0.25) is 0 Å². The summed E-state index contributed by atoms with van der Waals surface area (Å²) in [5, 5.41) is 0. The van der Waals surface area contributed by atoms with E-state index in [-0.39, 0.29) is 11.7 Å². The second-order valence-electron chi connectivity index (χ2n) is 4.54. The van der Waals surface area contributed by atoms with Crippen LogP contribution in [-0.2, 0) is 0 Å². The highest BCUT2D eigenvalue weighted by Gasteiger charge is 2.15. The van der Waals surface area contributed by atoms with Gasteiger partial charge >= 0.3 is 0 Å². The van der Waals surface area contributed by atoms with Gasteiger partial charge < -0.3 is 4.74 Å². The zero-order valence-corrected chi connectivity index (χ0v) is 11.0. The van der Waals surface area contributed by atoms with E-state index in [4.69, 9.17) is 16.3 Å². The zero-order chi connectivity index (χ0) is 12.8. The fraction of sp³-hybridized carbons (Fsp3) is 0.467. The summed E-state index contributed by atoms with van der Waals surface area (Å²) < 4.78 is 19.3. The van der Waals surface area contributed by atoms with Crippen LogP contribution in [-0.4, -0.2) is 12.5 Å². The van der Waals surface area contributed by atoms with Gasteiger partial charge in [-0.1, -0.05) is 24.7 Å². The van der Waals surface area contributed by atoms with Gasteiger partial charge in [-0.25, -0.2) is 4.39 Å². The number of halogens is 2. The summed E-state index contributed by atoms with van der Waals surface area (Å²) in [6, 6.07) is 4.79. The van der Waals surface area contributed by atoms with Gasteiger partial charge in [0.1, 0.15) is 11.6 Å². The smallest absolute Gasteiger partial charge is 0.142 e. The van der Waals surface area contributed by atoms with Gasteiger partial charge in [0.15, 0.2) is 0 Å². The number of benzene rings is 1.